The summed E-state index contributed by atoms with van der Waals surface area (Å²) in [4.78, 5) is 20.3. The Morgan fingerprint density at radius 1 is 1.10 bits per heavy atom. The number of nitrogens with zero attached hydrogens (tertiary/aromatic N) is 2. The van der Waals surface area contributed by atoms with E-state index in [0.717, 1.165) is 10.6 Å². The van der Waals surface area contributed by atoms with Crippen molar-refractivity contribution < 1.29 is 4.79 Å². The summed E-state index contributed by atoms with van der Waals surface area (Å²) >= 11 is 7.42. The van der Waals surface area contributed by atoms with Crippen molar-refractivity contribution in [2.45, 2.75) is 0 Å². The van der Waals surface area contributed by atoms with Crippen molar-refractivity contribution in [2.75, 3.05) is 5.32 Å². The SMILES string of the molecule is O=C(Nc1ccc(-c2nccs2)cc1)c1cc(Cl)ccn1. The van der Waals surface area contributed by atoms with Gasteiger partial charge in [0.2, 0.25) is 0 Å². The molecule has 0 bridgehead atoms. The molecule has 1 amide bonds. The van der Waals surface area contributed by atoms with Crippen LogP contribution in [0.1, 0.15) is 10.5 Å². The molecule has 0 spiro atoms. The average molecular weight is 316 g/mol. The minimum Gasteiger partial charge on any atom is -0.321 e. The topological polar surface area (TPSA) is 54.9 Å². The van der Waals surface area contributed by atoms with Crippen LogP contribution in [0.5, 0.6) is 0 Å². The molecular weight excluding hydrogens is 306 g/mol. The number of amides is 1. The van der Waals surface area contributed by atoms with Crippen LogP contribution < -0.4 is 5.32 Å². The Hall–Kier alpha value is -2.24. The molecule has 0 aliphatic heterocycles. The van der Waals surface area contributed by atoms with Gasteiger partial charge in [0, 0.05) is 34.0 Å². The van der Waals surface area contributed by atoms with Gasteiger partial charge < -0.3 is 5.32 Å². The zero-order valence-electron chi connectivity index (χ0n) is 10.8. The number of carbonyl (C=O) groups is 1. The summed E-state index contributed by atoms with van der Waals surface area (Å²) in [6.07, 6.45) is 3.27. The van der Waals surface area contributed by atoms with Crippen molar-refractivity contribution in [3.05, 3.63) is 64.9 Å². The second kappa shape index (κ2) is 6.03. The molecule has 104 valence electrons. The van der Waals surface area contributed by atoms with Crippen molar-refractivity contribution in [1.82, 2.24) is 9.97 Å². The van der Waals surface area contributed by atoms with Gasteiger partial charge in [0.1, 0.15) is 10.7 Å². The normalized spacial score (nSPS) is 10.3. The van der Waals surface area contributed by atoms with Crippen molar-refractivity contribution in [3.63, 3.8) is 0 Å². The zero-order chi connectivity index (χ0) is 14.7. The molecule has 0 unspecified atom stereocenters. The molecule has 1 aromatic carbocycles. The number of thiazole rings is 1. The summed E-state index contributed by atoms with van der Waals surface area (Å²) in [6, 6.07) is 10.7. The predicted molar refractivity (Wildman–Crippen MR) is 84.8 cm³/mol. The molecule has 0 fully saturated rings. The van der Waals surface area contributed by atoms with Gasteiger partial charge in [-0.1, -0.05) is 11.6 Å². The molecule has 1 N–H and O–H groups in total. The van der Waals surface area contributed by atoms with Gasteiger partial charge in [-0.15, -0.1) is 11.3 Å². The van der Waals surface area contributed by atoms with Crippen molar-refractivity contribution in [3.8, 4) is 10.6 Å². The van der Waals surface area contributed by atoms with Crippen LogP contribution in [0.2, 0.25) is 5.02 Å². The quantitative estimate of drug-likeness (QED) is 0.791. The minimum absolute atomic E-state index is 0.284. The maximum Gasteiger partial charge on any atom is 0.274 e. The lowest BCUT2D eigenvalue weighted by atomic mass is 10.2. The van der Waals surface area contributed by atoms with Crippen LogP contribution in [0.3, 0.4) is 0 Å². The van der Waals surface area contributed by atoms with Crippen LogP contribution >= 0.6 is 22.9 Å². The highest BCUT2D eigenvalue weighted by molar-refractivity contribution is 7.13. The Morgan fingerprint density at radius 3 is 2.57 bits per heavy atom. The maximum absolute atomic E-state index is 12.0. The number of benzene rings is 1. The first kappa shape index (κ1) is 13.7. The maximum atomic E-state index is 12.0. The first-order chi connectivity index (χ1) is 10.2. The van der Waals surface area contributed by atoms with Crippen LogP contribution in [-0.4, -0.2) is 15.9 Å². The van der Waals surface area contributed by atoms with E-state index in [1.54, 1.807) is 23.6 Å². The van der Waals surface area contributed by atoms with Gasteiger partial charge >= 0.3 is 0 Å². The standard InChI is InChI=1S/C15H10ClN3OS/c16-11-5-6-17-13(9-11)14(20)19-12-3-1-10(2-4-12)15-18-7-8-21-15/h1-9H,(H,19,20). The number of halogens is 1. The smallest absolute Gasteiger partial charge is 0.274 e. The summed E-state index contributed by atoms with van der Waals surface area (Å²) in [5.41, 5.74) is 2.00. The summed E-state index contributed by atoms with van der Waals surface area (Å²) in [6.45, 7) is 0. The van der Waals surface area contributed by atoms with Crippen LogP contribution in [0.4, 0.5) is 5.69 Å². The van der Waals surface area contributed by atoms with Crippen molar-refractivity contribution in [1.29, 1.82) is 0 Å². The number of pyridine rings is 1. The fourth-order valence-corrected chi connectivity index (χ4v) is 2.59. The van der Waals surface area contributed by atoms with Gasteiger partial charge in [0.25, 0.3) is 5.91 Å². The van der Waals surface area contributed by atoms with Gasteiger partial charge in [-0.3, -0.25) is 9.78 Å². The molecule has 3 rings (SSSR count). The number of nitrogens with one attached hydrogen (secondary N) is 1. The average Bonchev–Trinajstić information content (AvgIpc) is 3.02. The number of hydrogen-bond donors (Lipinski definition) is 1. The van der Waals surface area contributed by atoms with Gasteiger partial charge in [-0.2, -0.15) is 0 Å². The van der Waals surface area contributed by atoms with Crippen LogP contribution in [-0.2, 0) is 0 Å². The van der Waals surface area contributed by atoms with E-state index in [0.29, 0.717) is 10.7 Å². The first-order valence-electron chi connectivity index (χ1n) is 6.15. The van der Waals surface area contributed by atoms with Gasteiger partial charge in [-0.25, -0.2) is 4.98 Å². The van der Waals surface area contributed by atoms with Gasteiger partial charge in [-0.05, 0) is 36.4 Å². The third kappa shape index (κ3) is 3.26. The van der Waals surface area contributed by atoms with E-state index in [1.807, 2.05) is 29.6 Å². The molecule has 6 heteroatoms. The van der Waals surface area contributed by atoms with E-state index in [-0.39, 0.29) is 11.6 Å². The van der Waals surface area contributed by atoms with E-state index >= 15 is 0 Å². The van der Waals surface area contributed by atoms with E-state index < -0.39 is 0 Å². The number of aromatic nitrogens is 2. The Balaban J connectivity index is 1.75. The number of anilines is 1. The second-order valence-electron chi connectivity index (χ2n) is 4.23. The highest BCUT2D eigenvalue weighted by atomic mass is 35.5. The van der Waals surface area contributed by atoms with Gasteiger partial charge in [0.05, 0.1) is 0 Å². The zero-order valence-corrected chi connectivity index (χ0v) is 12.4. The number of hydrogen-bond acceptors (Lipinski definition) is 4. The Morgan fingerprint density at radius 2 is 1.90 bits per heavy atom. The summed E-state index contributed by atoms with van der Waals surface area (Å²) in [5, 5.41) is 6.14. The minimum atomic E-state index is -0.292. The van der Waals surface area contributed by atoms with Crippen molar-refractivity contribution in [2.24, 2.45) is 0 Å². The third-order valence-corrected chi connectivity index (χ3v) is 3.83. The Kier molecular flexibility index (Phi) is 3.94. The highest BCUT2D eigenvalue weighted by Crippen LogP contribution is 2.23. The first-order valence-corrected chi connectivity index (χ1v) is 7.41. The number of carbonyl (C=O) groups excluding carboxylic acids is 1. The number of rotatable bonds is 3. The molecule has 21 heavy (non-hydrogen) atoms. The van der Waals surface area contributed by atoms with E-state index in [2.05, 4.69) is 15.3 Å². The molecule has 4 nitrogen and oxygen atoms in total. The molecule has 2 aromatic heterocycles. The van der Waals surface area contributed by atoms with Crippen LogP contribution in [0, 0.1) is 0 Å². The predicted octanol–water partition coefficient (Wildman–Crippen LogP) is 4.11. The highest BCUT2D eigenvalue weighted by Gasteiger charge is 2.08. The lowest BCUT2D eigenvalue weighted by molar-refractivity contribution is 0.102. The molecule has 0 aliphatic carbocycles. The monoisotopic (exact) mass is 315 g/mol. The summed E-state index contributed by atoms with van der Waals surface area (Å²) < 4.78 is 0. The van der Waals surface area contributed by atoms with E-state index in [4.69, 9.17) is 11.6 Å². The van der Waals surface area contributed by atoms with E-state index in [9.17, 15) is 4.79 Å². The van der Waals surface area contributed by atoms with E-state index in [1.165, 1.54) is 12.3 Å². The van der Waals surface area contributed by atoms with Gasteiger partial charge in [0.15, 0.2) is 0 Å². The summed E-state index contributed by atoms with van der Waals surface area (Å²) in [7, 11) is 0. The molecule has 2 heterocycles. The van der Waals surface area contributed by atoms with Crippen LogP contribution in [0.15, 0.2) is 54.2 Å². The molecule has 0 radical (unpaired) electrons. The molecule has 3 aromatic rings. The fraction of sp³-hybridized carbons (Fsp3) is 0. The Labute approximate surface area is 130 Å². The largest absolute Gasteiger partial charge is 0.321 e. The molecular formula is C15H10ClN3OS. The second-order valence-corrected chi connectivity index (χ2v) is 5.56. The third-order valence-electron chi connectivity index (χ3n) is 2.78. The molecule has 0 atom stereocenters. The lowest BCUT2D eigenvalue weighted by Crippen LogP contribution is -2.13. The fourth-order valence-electron chi connectivity index (χ4n) is 1.79. The molecule has 0 saturated heterocycles. The Bertz CT molecular complexity index is 757. The summed E-state index contributed by atoms with van der Waals surface area (Å²) in [5.74, 6) is -0.292. The van der Waals surface area contributed by atoms with Crippen LogP contribution in [0.25, 0.3) is 10.6 Å². The lowest BCUT2D eigenvalue weighted by Gasteiger charge is -2.05. The molecule has 0 aliphatic rings. The molecule has 0 saturated carbocycles. The van der Waals surface area contributed by atoms with Crippen molar-refractivity contribution >= 4 is 34.5 Å².